The van der Waals surface area contributed by atoms with Gasteiger partial charge in [-0.15, -0.1) is 0 Å². The van der Waals surface area contributed by atoms with Crippen LogP contribution in [0.4, 0.5) is 0 Å². The molecule has 1 aliphatic heterocycles. The molecule has 0 aliphatic carbocycles. The molecule has 8 nitrogen and oxygen atoms in total. The molecule has 26 heavy (non-hydrogen) atoms. The van der Waals surface area contributed by atoms with E-state index in [1.807, 2.05) is 18.2 Å². The van der Waals surface area contributed by atoms with Gasteiger partial charge in [0.05, 0.1) is 6.04 Å². The summed E-state index contributed by atoms with van der Waals surface area (Å²) < 4.78 is 1.23. The minimum atomic E-state index is -0.575. The van der Waals surface area contributed by atoms with E-state index in [-0.39, 0.29) is 24.4 Å². The number of nitrogens with one attached hydrogen (secondary N) is 3. The Bertz CT molecular complexity index is 890. The summed E-state index contributed by atoms with van der Waals surface area (Å²) in [5.74, 6) is 0.0256. The first-order chi connectivity index (χ1) is 12.5. The van der Waals surface area contributed by atoms with Gasteiger partial charge in [0.1, 0.15) is 6.54 Å². The zero-order valence-corrected chi connectivity index (χ0v) is 14.9. The van der Waals surface area contributed by atoms with Gasteiger partial charge in [0, 0.05) is 37.8 Å². The highest BCUT2D eigenvalue weighted by atomic mass is 16.2. The number of carbonyl (C=O) groups is 1. The van der Waals surface area contributed by atoms with Gasteiger partial charge in [0.15, 0.2) is 0 Å². The Hall–Kier alpha value is -2.71. The third kappa shape index (κ3) is 3.92. The van der Waals surface area contributed by atoms with E-state index in [9.17, 15) is 14.4 Å². The van der Waals surface area contributed by atoms with E-state index in [4.69, 9.17) is 0 Å². The van der Waals surface area contributed by atoms with E-state index in [0.29, 0.717) is 12.1 Å². The maximum atomic E-state index is 12.5. The molecule has 0 saturated carbocycles. The molecule has 1 aromatic heterocycles. The second kappa shape index (κ2) is 7.67. The molecule has 1 fully saturated rings. The molecule has 2 atom stereocenters. The predicted molar refractivity (Wildman–Crippen MR) is 97.5 cm³/mol. The van der Waals surface area contributed by atoms with Crippen molar-refractivity contribution in [2.75, 3.05) is 20.1 Å². The van der Waals surface area contributed by atoms with Gasteiger partial charge in [-0.2, -0.15) is 0 Å². The van der Waals surface area contributed by atoms with Crippen LogP contribution in [-0.4, -0.2) is 40.5 Å². The largest absolute Gasteiger partial charge is 0.344 e. The van der Waals surface area contributed by atoms with Crippen molar-refractivity contribution in [2.24, 2.45) is 5.92 Å². The number of amides is 1. The molecular weight excluding hydrogens is 334 g/mol. The minimum Gasteiger partial charge on any atom is -0.344 e. The summed E-state index contributed by atoms with van der Waals surface area (Å²) in [6, 6.07) is 10.2. The zero-order chi connectivity index (χ0) is 18.7. The fourth-order valence-corrected chi connectivity index (χ4v) is 3.18. The van der Waals surface area contributed by atoms with Gasteiger partial charge < -0.3 is 4.90 Å². The zero-order valence-electron chi connectivity index (χ0n) is 14.9. The fraction of sp³-hybridized carbons (Fsp3) is 0.389. The van der Waals surface area contributed by atoms with Crippen molar-refractivity contribution in [2.45, 2.75) is 19.5 Å². The van der Waals surface area contributed by atoms with Crippen LogP contribution in [0.5, 0.6) is 0 Å². The van der Waals surface area contributed by atoms with Gasteiger partial charge >= 0.3 is 5.69 Å². The number of aromatic amines is 1. The molecule has 2 aromatic rings. The maximum absolute atomic E-state index is 12.5. The van der Waals surface area contributed by atoms with Crippen LogP contribution in [0.1, 0.15) is 17.2 Å². The van der Waals surface area contributed by atoms with E-state index in [1.54, 1.807) is 18.9 Å². The van der Waals surface area contributed by atoms with Crippen LogP contribution < -0.4 is 22.1 Å². The standard InChI is InChI=1S/C18H23N5O3/c1-12-9-23(18(26)20-17(12)25)11-15(24)22(2)10-14-8-19-21-16(14)13-6-4-3-5-7-13/h3-7,9,14,16,19,21H,8,10-11H2,1-2H3,(H,20,25,26). The Balaban J connectivity index is 1.67. The highest BCUT2D eigenvalue weighted by Crippen LogP contribution is 2.25. The highest BCUT2D eigenvalue weighted by molar-refractivity contribution is 5.75. The number of likely N-dealkylation sites (N-methyl/N-ethyl adjacent to an activating group) is 1. The first-order valence-electron chi connectivity index (χ1n) is 8.53. The van der Waals surface area contributed by atoms with Gasteiger partial charge in [-0.25, -0.2) is 10.2 Å². The normalized spacial score (nSPS) is 19.5. The molecule has 8 heteroatoms. The Morgan fingerprint density at radius 2 is 2.00 bits per heavy atom. The van der Waals surface area contributed by atoms with Crippen molar-refractivity contribution >= 4 is 5.91 Å². The Morgan fingerprint density at radius 3 is 2.73 bits per heavy atom. The molecule has 3 rings (SSSR count). The number of carbonyl (C=O) groups excluding carboxylic acids is 1. The van der Waals surface area contributed by atoms with Crippen molar-refractivity contribution in [1.82, 2.24) is 25.3 Å². The molecule has 2 unspecified atom stereocenters. The lowest BCUT2D eigenvalue weighted by Crippen LogP contribution is -2.40. The Labute approximate surface area is 150 Å². The third-order valence-corrected chi connectivity index (χ3v) is 4.68. The van der Waals surface area contributed by atoms with Crippen LogP contribution in [0.15, 0.2) is 46.1 Å². The maximum Gasteiger partial charge on any atom is 0.328 e. The summed E-state index contributed by atoms with van der Waals surface area (Å²) in [6.07, 6.45) is 1.42. The van der Waals surface area contributed by atoms with Gasteiger partial charge in [-0.1, -0.05) is 30.3 Å². The van der Waals surface area contributed by atoms with E-state index in [2.05, 4.69) is 28.0 Å². The van der Waals surface area contributed by atoms with Gasteiger partial charge in [0.25, 0.3) is 5.56 Å². The predicted octanol–water partition coefficient (Wildman–Crippen LogP) is -0.231. The molecule has 0 radical (unpaired) electrons. The van der Waals surface area contributed by atoms with Crippen LogP contribution in [-0.2, 0) is 11.3 Å². The molecule has 0 bridgehead atoms. The number of aromatic nitrogens is 2. The molecule has 138 valence electrons. The molecule has 3 N–H and O–H groups in total. The van der Waals surface area contributed by atoms with Crippen LogP contribution in [0.25, 0.3) is 0 Å². The van der Waals surface area contributed by atoms with Crippen molar-refractivity contribution in [3.8, 4) is 0 Å². The Kier molecular flexibility index (Phi) is 5.34. The molecule has 2 heterocycles. The summed E-state index contributed by atoms with van der Waals surface area (Å²) in [5.41, 5.74) is 6.97. The number of aryl methyl sites for hydroxylation is 1. The summed E-state index contributed by atoms with van der Waals surface area (Å²) >= 11 is 0. The van der Waals surface area contributed by atoms with Crippen LogP contribution in [0.3, 0.4) is 0 Å². The van der Waals surface area contributed by atoms with Crippen molar-refractivity contribution in [3.63, 3.8) is 0 Å². The molecule has 0 spiro atoms. The smallest absolute Gasteiger partial charge is 0.328 e. The monoisotopic (exact) mass is 357 g/mol. The van der Waals surface area contributed by atoms with E-state index in [1.165, 1.54) is 10.8 Å². The first kappa shape index (κ1) is 18.1. The summed E-state index contributed by atoms with van der Waals surface area (Å²) in [5, 5.41) is 0. The second-order valence-corrected chi connectivity index (χ2v) is 6.65. The number of nitrogens with zero attached hydrogens (tertiary/aromatic N) is 2. The van der Waals surface area contributed by atoms with Gasteiger partial charge in [-0.05, 0) is 12.5 Å². The van der Waals surface area contributed by atoms with Crippen LogP contribution in [0, 0.1) is 12.8 Å². The second-order valence-electron chi connectivity index (χ2n) is 6.65. The van der Waals surface area contributed by atoms with E-state index in [0.717, 1.165) is 12.1 Å². The van der Waals surface area contributed by atoms with Crippen molar-refractivity contribution in [1.29, 1.82) is 0 Å². The molecule has 1 aliphatic rings. The number of H-pyrrole nitrogens is 1. The number of benzene rings is 1. The molecule has 1 aromatic carbocycles. The SMILES string of the molecule is Cc1cn(CC(=O)N(C)CC2CNNC2c2ccccc2)c(=O)[nH]c1=O. The van der Waals surface area contributed by atoms with Gasteiger partial charge in [0.2, 0.25) is 5.91 Å². The topological polar surface area (TPSA) is 99.2 Å². The summed E-state index contributed by atoms with van der Waals surface area (Å²) in [6.45, 7) is 2.80. The van der Waals surface area contributed by atoms with Crippen LogP contribution >= 0.6 is 0 Å². The molecule has 1 amide bonds. The number of hydrazine groups is 1. The average molecular weight is 357 g/mol. The minimum absolute atomic E-state index is 0.101. The fourth-order valence-electron chi connectivity index (χ4n) is 3.18. The number of hydrogen-bond acceptors (Lipinski definition) is 5. The quantitative estimate of drug-likeness (QED) is 0.686. The summed E-state index contributed by atoms with van der Waals surface area (Å²) in [4.78, 5) is 39.6. The number of hydrogen-bond donors (Lipinski definition) is 3. The third-order valence-electron chi connectivity index (χ3n) is 4.68. The highest BCUT2D eigenvalue weighted by Gasteiger charge is 2.30. The summed E-state index contributed by atoms with van der Waals surface area (Å²) in [7, 11) is 1.73. The lowest BCUT2D eigenvalue weighted by atomic mass is 9.94. The Morgan fingerprint density at radius 1 is 1.27 bits per heavy atom. The van der Waals surface area contributed by atoms with Gasteiger partial charge in [-0.3, -0.25) is 24.6 Å². The van der Waals surface area contributed by atoms with E-state index < -0.39 is 11.2 Å². The molecule has 1 saturated heterocycles. The average Bonchev–Trinajstić information content (AvgIpc) is 3.08. The van der Waals surface area contributed by atoms with Crippen molar-refractivity contribution < 1.29 is 4.79 Å². The van der Waals surface area contributed by atoms with Crippen LogP contribution in [0.2, 0.25) is 0 Å². The lowest BCUT2D eigenvalue weighted by molar-refractivity contribution is -0.131. The molecular formula is C18H23N5O3. The van der Waals surface area contributed by atoms with Crippen molar-refractivity contribution in [3.05, 3.63) is 68.5 Å². The van der Waals surface area contributed by atoms with E-state index >= 15 is 0 Å². The lowest BCUT2D eigenvalue weighted by Gasteiger charge is -2.25. The number of rotatable bonds is 5. The first-order valence-corrected chi connectivity index (χ1v) is 8.53.